The van der Waals surface area contributed by atoms with Gasteiger partial charge in [-0.1, -0.05) is 50.6 Å². The van der Waals surface area contributed by atoms with E-state index in [9.17, 15) is 18.0 Å². The maximum Gasteiger partial charge on any atom is 0.328 e. The first kappa shape index (κ1) is 23.3. The second-order valence-electron chi connectivity index (χ2n) is 7.52. The van der Waals surface area contributed by atoms with Crippen LogP contribution in [0.5, 0.6) is 0 Å². The number of ether oxygens (including phenoxy) is 1. The lowest BCUT2D eigenvalue weighted by atomic mass is 9.99. The molecule has 1 heterocycles. The van der Waals surface area contributed by atoms with Crippen molar-refractivity contribution in [2.24, 2.45) is 5.92 Å². The Bertz CT molecular complexity index is 777. The van der Waals surface area contributed by atoms with Crippen molar-refractivity contribution < 1.29 is 27.6 Å². The monoisotopic (exact) mass is 426 g/mol. The fourth-order valence-corrected chi connectivity index (χ4v) is 4.92. The molecule has 0 aromatic heterocycles. The lowest BCUT2D eigenvalue weighted by Gasteiger charge is -2.31. The van der Waals surface area contributed by atoms with Crippen molar-refractivity contribution in [1.82, 2.24) is 9.62 Å². The van der Waals surface area contributed by atoms with E-state index < -0.39 is 22.0 Å². The van der Waals surface area contributed by atoms with Gasteiger partial charge >= 0.3 is 5.97 Å². The molecule has 1 aromatic rings. The van der Waals surface area contributed by atoms with Crippen LogP contribution in [0.1, 0.15) is 25.8 Å². The molecule has 1 aliphatic heterocycles. The van der Waals surface area contributed by atoms with E-state index in [0.29, 0.717) is 26.2 Å². The van der Waals surface area contributed by atoms with Crippen molar-refractivity contribution in [1.29, 1.82) is 0 Å². The van der Waals surface area contributed by atoms with E-state index in [1.165, 1.54) is 11.4 Å². The summed E-state index contributed by atoms with van der Waals surface area (Å²) in [7, 11) is -2.07. The molecule has 2 N–H and O–H groups in total. The van der Waals surface area contributed by atoms with E-state index in [1.807, 2.05) is 32.0 Å². The number of nitrogens with one attached hydrogen (secondary N) is 2. The predicted octanol–water partition coefficient (Wildman–Crippen LogP) is -0.579. The Labute approximate surface area is 173 Å². The summed E-state index contributed by atoms with van der Waals surface area (Å²) < 4.78 is 31.6. The maximum absolute atomic E-state index is 12.6. The van der Waals surface area contributed by atoms with Crippen LogP contribution in [0.2, 0.25) is 0 Å². The van der Waals surface area contributed by atoms with E-state index in [4.69, 9.17) is 4.74 Å². The van der Waals surface area contributed by atoms with Crippen LogP contribution in [-0.4, -0.2) is 70.5 Å². The number of hydrogen-bond donors (Lipinski definition) is 2. The molecule has 2 rings (SSSR count). The molecule has 9 heteroatoms. The molecule has 0 unspecified atom stereocenters. The van der Waals surface area contributed by atoms with Gasteiger partial charge < -0.3 is 15.0 Å². The Morgan fingerprint density at radius 3 is 2.38 bits per heavy atom. The van der Waals surface area contributed by atoms with E-state index >= 15 is 0 Å². The zero-order valence-electron chi connectivity index (χ0n) is 17.4. The quantitative estimate of drug-likeness (QED) is 0.515. The number of methoxy groups -OCH3 is 1. The molecule has 162 valence electrons. The van der Waals surface area contributed by atoms with Crippen molar-refractivity contribution in [2.45, 2.75) is 32.1 Å². The van der Waals surface area contributed by atoms with Crippen LogP contribution in [-0.2, 0) is 30.1 Å². The summed E-state index contributed by atoms with van der Waals surface area (Å²) in [5, 5.41) is 2.77. The third-order valence-electron chi connectivity index (χ3n) is 5.41. The number of benzene rings is 1. The van der Waals surface area contributed by atoms with Gasteiger partial charge in [0, 0.05) is 0 Å². The van der Waals surface area contributed by atoms with E-state index in [-0.39, 0.29) is 24.1 Å². The zero-order valence-corrected chi connectivity index (χ0v) is 18.2. The SMILES string of the molecule is CC[C@@H](C)[C@@H](NC(=O)C[NH+]1CCN(S(=O)(=O)Cc2ccccc2)CC1)C(=O)OC. The third-order valence-corrected chi connectivity index (χ3v) is 7.26. The topological polar surface area (TPSA) is 97.2 Å². The van der Waals surface area contributed by atoms with Crippen LogP contribution in [0.15, 0.2) is 30.3 Å². The Balaban J connectivity index is 1.85. The van der Waals surface area contributed by atoms with Crippen LogP contribution in [0.4, 0.5) is 0 Å². The molecule has 8 nitrogen and oxygen atoms in total. The van der Waals surface area contributed by atoms with Gasteiger partial charge in [-0.05, 0) is 11.5 Å². The third kappa shape index (κ3) is 6.80. The van der Waals surface area contributed by atoms with Gasteiger partial charge in [-0.3, -0.25) is 4.79 Å². The number of quaternary nitrogens is 1. The molecule has 1 amide bonds. The van der Waals surface area contributed by atoms with Crippen molar-refractivity contribution in [3.8, 4) is 0 Å². The highest BCUT2D eigenvalue weighted by Crippen LogP contribution is 2.11. The Kier molecular flexibility index (Phi) is 8.60. The Hall–Kier alpha value is -1.97. The van der Waals surface area contributed by atoms with Gasteiger partial charge in [-0.25, -0.2) is 13.2 Å². The molecule has 1 aliphatic rings. The van der Waals surface area contributed by atoms with Crippen molar-refractivity contribution in [3.05, 3.63) is 35.9 Å². The second-order valence-corrected chi connectivity index (χ2v) is 9.49. The first-order valence-corrected chi connectivity index (χ1v) is 11.6. The van der Waals surface area contributed by atoms with Crippen molar-refractivity contribution in [3.63, 3.8) is 0 Å². The number of carbonyl (C=O) groups is 2. The molecule has 1 aromatic carbocycles. The first-order chi connectivity index (χ1) is 13.8. The molecule has 29 heavy (non-hydrogen) atoms. The van der Waals surface area contributed by atoms with Gasteiger partial charge in [0.15, 0.2) is 6.54 Å². The highest BCUT2D eigenvalue weighted by atomic mass is 32.2. The van der Waals surface area contributed by atoms with Crippen molar-refractivity contribution >= 4 is 21.9 Å². The fourth-order valence-electron chi connectivity index (χ4n) is 3.38. The number of carbonyl (C=O) groups excluding carboxylic acids is 2. The van der Waals surface area contributed by atoms with Gasteiger partial charge in [0.25, 0.3) is 5.91 Å². The second kappa shape index (κ2) is 10.7. The smallest absolute Gasteiger partial charge is 0.328 e. The molecule has 0 aliphatic carbocycles. The summed E-state index contributed by atoms with van der Waals surface area (Å²) in [5.74, 6) is -0.712. The molecule has 0 radical (unpaired) electrons. The standard InChI is InChI=1S/C20H31N3O5S/c1-4-16(2)19(20(25)28-3)21-18(24)14-22-10-12-23(13-11-22)29(26,27)15-17-8-6-5-7-9-17/h5-9,16,19H,4,10-15H2,1-3H3,(H,21,24)/p+1/t16-,19-/m1/s1. The van der Waals surface area contributed by atoms with Crippen LogP contribution in [0.3, 0.4) is 0 Å². The summed E-state index contributed by atoms with van der Waals surface area (Å²) in [6.45, 7) is 5.91. The number of rotatable bonds is 9. The maximum atomic E-state index is 12.6. The minimum absolute atomic E-state index is 0.0145. The number of hydrogen-bond acceptors (Lipinski definition) is 5. The lowest BCUT2D eigenvalue weighted by Crippen LogP contribution is -3.15. The first-order valence-electron chi connectivity index (χ1n) is 9.99. The molecule has 2 atom stereocenters. The van der Waals surface area contributed by atoms with E-state index in [0.717, 1.165) is 16.9 Å². The number of esters is 1. The zero-order chi connectivity index (χ0) is 21.4. The van der Waals surface area contributed by atoms with Crippen LogP contribution < -0.4 is 10.2 Å². The normalized spacial score (nSPS) is 18.0. The number of sulfonamides is 1. The van der Waals surface area contributed by atoms with Gasteiger partial charge in [-0.15, -0.1) is 0 Å². The molecule has 0 bridgehead atoms. The molecular weight excluding hydrogens is 394 g/mol. The average Bonchev–Trinajstić information content (AvgIpc) is 2.71. The highest BCUT2D eigenvalue weighted by Gasteiger charge is 2.32. The van der Waals surface area contributed by atoms with Gasteiger partial charge in [0.2, 0.25) is 10.0 Å². The minimum Gasteiger partial charge on any atom is -0.467 e. The van der Waals surface area contributed by atoms with Crippen molar-refractivity contribution in [2.75, 3.05) is 39.8 Å². The van der Waals surface area contributed by atoms with E-state index in [1.54, 1.807) is 12.1 Å². The fraction of sp³-hybridized carbons (Fsp3) is 0.600. The molecule has 1 fully saturated rings. The van der Waals surface area contributed by atoms with Crippen LogP contribution in [0, 0.1) is 5.92 Å². The molecular formula is C20H32N3O5S+. The summed E-state index contributed by atoms with van der Waals surface area (Å²) in [4.78, 5) is 25.3. The van der Waals surface area contributed by atoms with Crippen LogP contribution >= 0.6 is 0 Å². The summed E-state index contributed by atoms with van der Waals surface area (Å²) in [6.07, 6.45) is 0.741. The number of nitrogens with zero attached hydrogens (tertiary/aromatic N) is 1. The molecule has 0 saturated carbocycles. The molecule has 1 saturated heterocycles. The Morgan fingerprint density at radius 2 is 1.83 bits per heavy atom. The lowest BCUT2D eigenvalue weighted by molar-refractivity contribution is -0.895. The van der Waals surface area contributed by atoms with Gasteiger partial charge in [0.05, 0.1) is 39.0 Å². The minimum atomic E-state index is -3.38. The Morgan fingerprint density at radius 1 is 1.21 bits per heavy atom. The summed E-state index contributed by atoms with van der Waals surface area (Å²) in [5.41, 5.74) is 0.764. The highest BCUT2D eigenvalue weighted by molar-refractivity contribution is 7.88. The number of piperazine rings is 1. The predicted molar refractivity (Wildman–Crippen MR) is 110 cm³/mol. The summed E-state index contributed by atoms with van der Waals surface area (Å²) >= 11 is 0. The van der Waals surface area contributed by atoms with Crippen LogP contribution in [0.25, 0.3) is 0 Å². The van der Waals surface area contributed by atoms with E-state index in [2.05, 4.69) is 5.32 Å². The van der Waals surface area contributed by atoms with Gasteiger partial charge in [-0.2, -0.15) is 4.31 Å². The largest absolute Gasteiger partial charge is 0.467 e. The van der Waals surface area contributed by atoms with Gasteiger partial charge in [0.1, 0.15) is 6.04 Å². The average molecular weight is 427 g/mol. The molecule has 0 spiro atoms. The number of amides is 1. The summed E-state index contributed by atoms with van der Waals surface area (Å²) in [6, 6.07) is 8.45.